The number of imidazole rings is 1. The summed E-state index contributed by atoms with van der Waals surface area (Å²) in [4.78, 5) is 19.1. The Hall–Kier alpha value is -3.04. The van der Waals surface area contributed by atoms with Gasteiger partial charge < -0.3 is 10.3 Å². The van der Waals surface area contributed by atoms with E-state index in [1.54, 1.807) is 18.2 Å². The number of carbonyl (C=O) groups excluding carboxylic acids is 1. The number of aryl methyl sites for hydroxylation is 1. The molecule has 7 nitrogen and oxygen atoms in total. The van der Waals surface area contributed by atoms with Gasteiger partial charge in [-0.15, -0.1) is 0 Å². The second-order valence-electron chi connectivity index (χ2n) is 6.52. The van der Waals surface area contributed by atoms with Crippen molar-refractivity contribution in [3.05, 3.63) is 70.6 Å². The topological polar surface area (TPSA) is 104 Å². The molecule has 1 amide bonds. The van der Waals surface area contributed by atoms with E-state index < -0.39 is 15.9 Å². The van der Waals surface area contributed by atoms with Crippen molar-refractivity contribution in [2.75, 3.05) is 13.1 Å². The summed E-state index contributed by atoms with van der Waals surface area (Å²) >= 11 is 0. The number of amides is 1. The Morgan fingerprint density at radius 3 is 2.72 bits per heavy atom. The third kappa shape index (κ3) is 6.23. The van der Waals surface area contributed by atoms with E-state index in [2.05, 4.69) is 20.0 Å². The molecule has 0 radical (unpaired) electrons. The van der Waals surface area contributed by atoms with Crippen molar-refractivity contribution in [3.63, 3.8) is 0 Å². The van der Waals surface area contributed by atoms with E-state index in [4.69, 9.17) is 0 Å². The standard InChI is InChI=1S/C20H21FN4O3S/c1-14-2-4-15(5-3-14)9-11-29(27,28)23-13-20(26)22-10-8-19-24-17-7-6-16(21)12-18(17)25-19/h2-7,9,11-12,23H,8,10,13H2,1H3,(H,22,26)(H,24,25)/b11-9+. The molecule has 0 aliphatic heterocycles. The third-order valence-corrected chi connectivity index (χ3v) is 5.17. The highest BCUT2D eigenvalue weighted by Gasteiger charge is 2.09. The Bertz CT molecular complexity index is 1140. The van der Waals surface area contributed by atoms with Gasteiger partial charge in [0.15, 0.2) is 0 Å². The Morgan fingerprint density at radius 1 is 1.21 bits per heavy atom. The molecule has 0 spiro atoms. The molecule has 0 unspecified atom stereocenters. The lowest BCUT2D eigenvalue weighted by Crippen LogP contribution is -2.37. The van der Waals surface area contributed by atoms with Gasteiger partial charge in [0, 0.05) is 18.4 Å². The second-order valence-corrected chi connectivity index (χ2v) is 8.18. The molecule has 0 atom stereocenters. The van der Waals surface area contributed by atoms with E-state index in [0.29, 0.717) is 23.3 Å². The van der Waals surface area contributed by atoms with Crippen molar-refractivity contribution in [1.29, 1.82) is 0 Å². The van der Waals surface area contributed by atoms with Crippen LogP contribution in [0.25, 0.3) is 17.1 Å². The molecule has 0 aliphatic rings. The lowest BCUT2D eigenvalue weighted by molar-refractivity contribution is -0.119. The number of hydrogen-bond donors (Lipinski definition) is 3. The van der Waals surface area contributed by atoms with Gasteiger partial charge in [-0.05, 0) is 36.8 Å². The number of nitrogens with zero attached hydrogens (tertiary/aromatic N) is 1. The van der Waals surface area contributed by atoms with Crippen molar-refractivity contribution in [1.82, 2.24) is 20.0 Å². The van der Waals surface area contributed by atoms with Crippen molar-refractivity contribution < 1.29 is 17.6 Å². The maximum absolute atomic E-state index is 13.2. The highest BCUT2D eigenvalue weighted by molar-refractivity contribution is 7.92. The molecule has 152 valence electrons. The summed E-state index contributed by atoms with van der Waals surface area (Å²) in [5.74, 6) is -0.211. The molecular formula is C20H21FN4O3S. The van der Waals surface area contributed by atoms with Gasteiger partial charge >= 0.3 is 0 Å². The summed E-state index contributed by atoms with van der Waals surface area (Å²) in [6, 6.07) is 11.6. The molecular weight excluding hydrogens is 395 g/mol. The molecule has 9 heteroatoms. The van der Waals surface area contributed by atoms with Gasteiger partial charge in [0.05, 0.1) is 17.6 Å². The Balaban J connectivity index is 1.44. The van der Waals surface area contributed by atoms with Gasteiger partial charge in [0.25, 0.3) is 0 Å². The summed E-state index contributed by atoms with van der Waals surface area (Å²) in [6.07, 6.45) is 1.87. The summed E-state index contributed by atoms with van der Waals surface area (Å²) in [5.41, 5.74) is 3.05. The number of nitrogens with one attached hydrogen (secondary N) is 3. The summed E-state index contributed by atoms with van der Waals surface area (Å²) in [6.45, 7) is 1.84. The minimum atomic E-state index is -3.73. The first-order valence-electron chi connectivity index (χ1n) is 8.96. The average Bonchev–Trinajstić information content (AvgIpc) is 3.08. The Morgan fingerprint density at radius 2 is 1.97 bits per heavy atom. The van der Waals surface area contributed by atoms with Gasteiger partial charge in [-0.3, -0.25) is 4.79 Å². The van der Waals surface area contributed by atoms with Crippen LogP contribution >= 0.6 is 0 Å². The number of aromatic amines is 1. The van der Waals surface area contributed by atoms with Crippen LogP contribution in [0, 0.1) is 12.7 Å². The van der Waals surface area contributed by atoms with Crippen LogP contribution in [-0.2, 0) is 21.2 Å². The van der Waals surface area contributed by atoms with E-state index >= 15 is 0 Å². The maximum Gasteiger partial charge on any atom is 0.235 e. The van der Waals surface area contributed by atoms with Gasteiger partial charge in [0.2, 0.25) is 15.9 Å². The first-order chi connectivity index (χ1) is 13.8. The number of benzene rings is 2. The first-order valence-corrected chi connectivity index (χ1v) is 10.5. The number of aromatic nitrogens is 2. The molecule has 0 saturated carbocycles. The summed E-state index contributed by atoms with van der Waals surface area (Å²) in [7, 11) is -3.73. The second kappa shape index (κ2) is 8.97. The molecule has 3 aromatic rings. The molecule has 1 aromatic heterocycles. The van der Waals surface area contributed by atoms with Crippen LogP contribution in [0.2, 0.25) is 0 Å². The average molecular weight is 416 g/mol. The zero-order valence-corrected chi connectivity index (χ0v) is 16.6. The molecule has 29 heavy (non-hydrogen) atoms. The first kappa shape index (κ1) is 20.7. The molecule has 0 saturated heterocycles. The molecule has 0 aliphatic carbocycles. The van der Waals surface area contributed by atoms with E-state index in [9.17, 15) is 17.6 Å². The molecule has 3 rings (SSSR count). The number of fused-ring (bicyclic) bond motifs is 1. The predicted molar refractivity (Wildman–Crippen MR) is 110 cm³/mol. The molecule has 0 fully saturated rings. The lowest BCUT2D eigenvalue weighted by Gasteiger charge is -2.05. The smallest absolute Gasteiger partial charge is 0.235 e. The van der Waals surface area contributed by atoms with Gasteiger partial charge in [-0.2, -0.15) is 0 Å². The predicted octanol–water partition coefficient (Wildman–Crippen LogP) is 2.26. The van der Waals surface area contributed by atoms with Crippen LogP contribution in [0.1, 0.15) is 17.0 Å². The van der Waals surface area contributed by atoms with Crippen molar-refractivity contribution in [2.24, 2.45) is 0 Å². The zero-order valence-electron chi connectivity index (χ0n) is 15.8. The fourth-order valence-corrected chi connectivity index (χ4v) is 3.36. The van der Waals surface area contributed by atoms with Crippen LogP contribution in [-0.4, -0.2) is 37.4 Å². The van der Waals surface area contributed by atoms with E-state index in [1.807, 2.05) is 19.1 Å². The largest absolute Gasteiger partial charge is 0.355 e. The third-order valence-electron chi connectivity index (χ3n) is 4.13. The maximum atomic E-state index is 13.2. The number of halogens is 1. The highest BCUT2D eigenvalue weighted by atomic mass is 32.2. The number of sulfonamides is 1. The fraction of sp³-hybridized carbons (Fsp3) is 0.200. The number of hydrogen-bond acceptors (Lipinski definition) is 4. The molecule has 0 bridgehead atoms. The summed E-state index contributed by atoms with van der Waals surface area (Å²) < 4.78 is 39.4. The van der Waals surface area contributed by atoms with Crippen LogP contribution in [0.3, 0.4) is 0 Å². The number of rotatable bonds is 8. The minimum absolute atomic E-state index is 0.266. The van der Waals surface area contributed by atoms with Gasteiger partial charge in [-0.1, -0.05) is 29.8 Å². The van der Waals surface area contributed by atoms with Crippen molar-refractivity contribution in [2.45, 2.75) is 13.3 Å². The monoisotopic (exact) mass is 416 g/mol. The highest BCUT2D eigenvalue weighted by Crippen LogP contribution is 2.13. The normalized spacial score (nSPS) is 11.9. The van der Waals surface area contributed by atoms with E-state index in [-0.39, 0.29) is 18.9 Å². The van der Waals surface area contributed by atoms with Crippen molar-refractivity contribution >= 4 is 33.0 Å². The van der Waals surface area contributed by atoms with Crippen molar-refractivity contribution in [3.8, 4) is 0 Å². The Kier molecular flexibility index (Phi) is 6.40. The zero-order chi connectivity index (χ0) is 20.9. The lowest BCUT2D eigenvalue weighted by atomic mass is 10.2. The van der Waals surface area contributed by atoms with Gasteiger partial charge in [0.1, 0.15) is 11.6 Å². The van der Waals surface area contributed by atoms with Crippen LogP contribution in [0.15, 0.2) is 47.9 Å². The van der Waals surface area contributed by atoms with Gasteiger partial charge in [-0.25, -0.2) is 22.5 Å². The Labute approximate surface area is 168 Å². The van der Waals surface area contributed by atoms with Crippen LogP contribution < -0.4 is 10.0 Å². The van der Waals surface area contributed by atoms with E-state index in [1.165, 1.54) is 18.2 Å². The number of H-pyrrole nitrogens is 1. The van der Waals surface area contributed by atoms with Crippen LogP contribution in [0.4, 0.5) is 4.39 Å². The van der Waals surface area contributed by atoms with E-state index in [0.717, 1.165) is 16.5 Å². The quantitative estimate of drug-likeness (QED) is 0.524. The number of carbonyl (C=O) groups is 1. The van der Waals surface area contributed by atoms with Crippen LogP contribution in [0.5, 0.6) is 0 Å². The molecule has 1 heterocycles. The minimum Gasteiger partial charge on any atom is -0.355 e. The fourth-order valence-electron chi connectivity index (χ4n) is 2.60. The summed E-state index contributed by atoms with van der Waals surface area (Å²) in [5, 5.41) is 3.64. The molecule has 3 N–H and O–H groups in total. The SMILES string of the molecule is Cc1ccc(/C=C/S(=O)(=O)NCC(=O)NCCc2nc3ccc(F)cc3[nH]2)cc1. The molecule has 2 aromatic carbocycles.